The summed E-state index contributed by atoms with van der Waals surface area (Å²) in [7, 11) is 0. The minimum atomic E-state index is 0.490. The van der Waals surface area contributed by atoms with Crippen molar-refractivity contribution in [2.45, 2.75) is 26.7 Å². The summed E-state index contributed by atoms with van der Waals surface area (Å²) in [5.41, 5.74) is 3.04. The Labute approximate surface area is 128 Å². The van der Waals surface area contributed by atoms with Crippen molar-refractivity contribution in [3.8, 4) is 17.6 Å². The molecule has 0 radical (unpaired) electrons. The minimum Gasteiger partial charge on any atom is -0.456 e. The van der Waals surface area contributed by atoms with Crippen LogP contribution < -0.4 is 4.74 Å². The molecule has 2 aromatic rings. The Bertz CT molecular complexity index is 671. The molecular formula is C17H16BrNO. The highest BCUT2D eigenvalue weighted by atomic mass is 79.9. The molecule has 0 N–H and O–H groups in total. The molecule has 0 spiro atoms. The van der Waals surface area contributed by atoms with Gasteiger partial charge in [0.2, 0.25) is 0 Å². The second-order valence-electron chi connectivity index (χ2n) is 5.03. The first-order valence-electron chi connectivity index (χ1n) is 6.49. The molecule has 0 bridgehead atoms. The van der Waals surface area contributed by atoms with E-state index in [-0.39, 0.29) is 0 Å². The normalized spacial score (nSPS) is 10.4. The summed E-state index contributed by atoms with van der Waals surface area (Å²) in [4.78, 5) is 0. The van der Waals surface area contributed by atoms with Crippen LogP contribution in [0.3, 0.4) is 0 Å². The van der Waals surface area contributed by atoms with E-state index >= 15 is 0 Å². The van der Waals surface area contributed by atoms with E-state index in [0.29, 0.717) is 17.2 Å². The Morgan fingerprint density at radius 2 is 1.90 bits per heavy atom. The summed E-state index contributed by atoms with van der Waals surface area (Å²) in [6.45, 7) is 6.42. The third-order valence-corrected chi connectivity index (χ3v) is 3.65. The van der Waals surface area contributed by atoms with Gasteiger partial charge in [0, 0.05) is 4.47 Å². The molecule has 0 saturated carbocycles. The van der Waals surface area contributed by atoms with Crippen LogP contribution >= 0.6 is 15.9 Å². The molecule has 0 aliphatic heterocycles. The van der Waals surface area contributed by atoms with Gasteiger partial charge in [0.05, 0.1) is 5.56 Å². The smallest absolute Gasteiger partial charge is 0.146 e. The molecule has 20 heavy (non-hydrogen) atoms. The van der Waals surface area contributed by atoms with E-state index in [9.17, 15) is 0 Å². The average molecular weight is 330 g/mol. The predicted molar refractivity (Wildman–Crippen MR) is 84.2 cm³/mol. The van der Waals surface area contributed by atoms with E-state index < -0.39 is 0 Å². The maximum atomic E-state index is 9.11. The number of ether oxygens (including phenoxy) is 1. The van der Waals surface area contributed by atoms with E-state index in [1.165, 1.54) is 11.1 Å². The molecule has 0 unspecified atom stereocenters. The largest absolute Gasteiger partial charge is 0.456 e. The fourth-order valence-electron chi connectivity index (χ4n) is 2.16. The average Bonchev–Trinajstić information content (AvgIpc) is 2.38. The van der Waals surface area contributed by atoms with Gasteiger partial charge in [-0.3, -0.25) is 0 Å². The molecule has 0 fully saturated rings. The lowest BCUT2D eigenvalue weighted by atomic mass is 9.98. The molecule has 2 nitrogen and oxygen atoms in total. The quantitative estimate of drug-likeness (QED) is 0.740. The van der Waals surface area contributed by atoms with Gasteiger partial charge in [0.15, 0.2) is 0 Å². The van der Waals surface area contributed by atoms with Gasteiger partial charge in [-0.05, 0) is 54.3 Å². The molecule has 2 aromatic carbocycles. The van der Waals surface area contributed by atoms with Crippen molar-refractivity contribution in [3.05, 3.63) is 57.6 Å². The Morgan fingerprint density at radius 3 is 2.50 bits per heavy atom. The number of nitriles is 1. The summed E-state index contributed by atoms with van der Waals surface area (Å²) < 4.78 is 6.74. The molecule has 0 heterocycles. The molecule has 0 aliphatic carbocycles. The van der Waals surface area contributed by atoms with E-state index in [1.807, 2.05) is 24.3 Å². The molecule has 2 rings (SSSR count). The van der Waals surface area contributed by atoms with Crippen LogP contribution in [0.25, 0.3) is 0 Å². The van der Waals surface area contributed by atoms with Crippen molar-refractivity contribution in [2.75, 3.05) is 0 Å². The summed E-state index contributed by atoms with van der Waals surface area (Å²) in [5, 5.41) is 9.11. The fraction of sp³-hybridized carbons (Fsp3) is 0.235. The summed E-state index contributed by atoms with van der Waals surface area (Å²) in [6, 6.07) is 13.6. The zero-order valence-electron chi connectivity index (χ0n) is 11.8. The number of nitrogens with zero attached hydrogens (tertiary/aromatic N) is 1. The summed E-state index contributed by atoms with van der Waals surface area (Å²) in [6.07, 6.45) is 0. The van der Waals surface area contributed by atoms with Crippen LogP contribution in [0, 0.1) is 18.3 Å². The molecular weight excluding hydrogens is 314 g/mol. The first kappa shape index (κ1) is 14.6. The third kappa shape index (κ3) is 3.20. The number of aryl methyl sites for hydroxylation is 1. The Morgan fingerprint density at radius 1 is 1.15 bits per heavy atom. The topological polar surface area (TPSA) is 33.0 Å². The second kappa shape index (κ2) is 6.11. The summed E-state index contributed by atoms with van der Waals surface area (Å²) in [5.74, 6) is 1.81. The molecule has 102 valence electrons. The first-order valence-corrected chi connectivity index (χ1v) is 7.28. The van der Waals surface area contributed by atoms with Gasteiger partial charge in [-0.15, -0.1) is 0 Å². The van der Waals surface area contributed by atoms with Gasteiger partial charge in [-0.1, -0.05) is 35.8 Å². The van der Waals surface area contributed by atoms with E-state index in [4.69, 9.17) is 10.00 Å². The SMILES string of the molecule is Cc1cc(Oc2cc(Br)ccc2C#N)ccc1C(C)C. The van der Waals surface area contributed by atoms with Crippen molar-refractivity contribution in [3.63, 3.8) is 0 Å². The standard InChI is InChI=1S/C17H16BrNO/c1-11(2)16-7-6-15(8-12(16)3)20-17-9-14(18)5-4-13(17)10-19/h4-9,11H,1-3H3. The molecule has 0 aliphatic rings. The lowest BCUT2D eigenvalue weighted by molar-refractivity contribution is 0.480. The number of hydrogen-bond acceptors (Lipinski definition) is 2. The molecule has 0 saturated heterocycles. The van der Waals surface area contributed by atoms with Crippen LogP contribution in [0.4, 0.5) is 0 Å². The van der Waals surface area contributed by atoms with Gasteiger partial charge in [0.25, 0.3) is 0 Å². The van der Waals surface area contributed by atoms with Crippen LogP contribution in [-0.2, 0) is 0 Å². The maximum Gasteiger partial charge on any atom is 0.146 e. The number of halogens is 1. The highest BCUT2D eigenvalue weighted by Gasteiger charge is 2.08. The van der Waals surface area contributed by atoms with Crippen molar-refractivity contribution >= 4 is 15.9 Å². The monoisotopic (exact) mass is 329 g/mol. The minimum absolute atomic E-state index is 0.490. The van der Waals surface area contributed by atoms with E-state index in [1.54, 1.807) is 6.07 Å². The zero-order valence-corrected chi connectivity index (χ0v) is 13.4. The van der Waals surface area contributed by atoms with Crippen molar-refractivity contribution in [1.29, 1.82) is 5.26 Å². The maximum absolute atomic E-state index is 9.11. The van der Waals surface area contributed by atoms with Crippen molar-refractivity contribution in [2.24, 2.45) is 0 Å². The van der Waals surface area contributed by atoms with Gasteiger partial charge in [0.1, 0.15) is 17.6 Å². The molecule has 3 heteroatoms. The Hall–Kier alpha value is -1.79. The van der Waals surface area contributed by atoms with E-state index in [0.717, 1.165) is 10.2 Å². The fourth-order valence-corrected chi connectivity index (χ4v) is 2.50. The highest BCUT2D eigenvalue weighted by Crippen LogP contribution is 2.30. The van der Waals surface area contributed by atoms with Crippen LogP contribution in [0.5, 0.6) is 11.5 Å². The van der Waals surface area contributed by atoms with Gasteiger partial charge in [-0.25, -0.2) is 0 Å². The van der Waals surface area contributed by atoms with Gasteiger partial charge < -0.3 is 4.74 Å². The molecule has 0 aromatic heterocycles. The second-order valence-corrected chi connectivity index (χ2v) is 5.94. The highest BCUT2D eigenvalue weighted by molar-refractivity contribution is 9.10. The lowest BCUT2D eigenvalue weighted by Gasteiger charge is -2.13. The van der Waals surface area contributed by atoms with E-state index in [2.05, 4.69) is 48.8 Å². The van der Waals surface area contributed by atoms with Crippen LogP contribution in [0.15, 0.2) is 40.9 Å². The third-order valence-electron chi connectivity index (χ3n) is 3.16. The number of hydrogen-bond donors (Lipinski definition) is 0. The summed E-state index contributed by atoms with van der Waals surface area (Å²) >= 11 is 3.39. The van der Waals surface area contributed by atoms with Gasteiger partial charge in [-0.2, -0.15) is 5.26 Å². The number of rotatable bonds is 3. The zero-order chi connectivity index (χ0) is 14.7. The number of benzene rings is 2. The Kier molecular flexibility index (Phi) is 4.46. The first-order chi connectivity index (χ1) is 9.51. The Balaban J connectivity index is 2.34. The van der Waals surface area contributed by atoms with Crippen LogP contribution in [0.1, 0.15) is 36.5 Å². The molecule has 0 amide bonds. The molecule has 0 atom stereocenters. The van der Waals surface area contributed by atoms with Crippen molar-refractivity contribution < 1.29 is 4.74 Å². The van der Waals surface area contributed by atoms with Crippen LogP contribution in [0.2, 0.25) is 0 Å². The van der Waals surface area contributed by atoms with Crippen LogP contribution in [-0.4, -0.2) is 0 Å². The predicted octanol–water partition coefficient (Wildman–Crippen LogP) is 5.54. The lowest BCUT2D eigenvalue weighted by Crippen LogP contribution is -1.94. The van der Waals surface area contributed by atoms with Crippen molar-refractivity contribution in [1.82, 2.24) is 0 Å². The van der Waals surface area contributed by atoms with Gasteiger partial charge >= 0.3 is 0 Å².